The summed E-state index contributed by atoms with van der Waals surface area (Å²) in [5.74, 6) is -27.9. The molecule has 0 aromatic rings. The van der Waals surface area contributed by atoms with E-state index in [1.54, 1.807) is 0 Å². The lowest BCUT2D eigenvalue weighted by Crippen LogP contribution is -2.61. The zero-order valence-corrected chi connectivity index (χ0v) is 10.6. The van der Waals surface area contributed by atoms with E-state index in [1.807, 2.05) is 0 Å². The van der Waals surface area contributed by atoms with Crippen molar-refractivity contribution in [3.8, 4) is 0 Å². The van der Waals surface area contributed by atoms with Gasteiger partial charge in [-0.25, -0.2) is 9.59 Å². The van der Waals surface area contributed by atoms with Crippen LogP contribution in [0.5, 0.6) is 0 Å². The average molecular weight is 354 g/mol. The first-order valence-corrected chi connectivity index (χ1v) is 4.92. The molecule has 16 heteroatoms. The molecule has 0 aromatic carbocycles. The molecule has 0 saturated heterocycles. The molecule has 0 spiro atoms. The lowest BCUT2D eigenvalue weighted by atomic mass is 10.1. The number of guanidine groups is 2. The van der Waals surface area contributed by atoms with Crippen LogP contribution in [0.15, 0.2) is 10.3 Å². The number of nitrogens with two attached hydrogens (primary N) is 4. The molecule has 0 bridgehead atoms. The molecule has 0 aliphatic rings. The summed E-state index contributed by atoms with van der Waals surface area (Å²) < 4.78 is 79.0. The summed E-state index contributed by atoms with van der Waals surface area (Å²) in [6, 6.07) is 0. The Morgan fingerprint density at radius 3 is 1.17 bits per heavy atom. The molecule has 0 amide bonds. The van der Waals surface area contributed by atoms with Crippen molar-refractivity contribution in [2.75, 3.05) is 0 Å². The van der Waals surface area contributed by atoms with Gasteiger partial charge in [0.2, 0.25) is 11.9 Å². The van der Waals surface area contributed by atoms with E-state index in [9.17, 15) is 35.9 Å². The van der Waals surface area contributed by atoms with Crippen LogP contribution < -0.4 is 22.9 Å². The highest BCUT2D eigenvalue weighted by atomic mass is 19.3. The Morgan fingerprint density at radius 1 is 0.696 bits per heavy atom. The maximum atomic E-state index is 13.2. The number of halogens is 6. The molecule has 0 aliphatic carbocycles. The normalized spacial score (nSPS) is 12.1. The van der Waals surface area contributed by atoms with Crippen LogP contribution in [0.3, 0.4) is 0 Å². The quantitative estimate of drug-likeness (QED) is 0.144. The van der Waals surface area contributed by atoms with Gasteiger partial charge in [0.25, 0.3) is 0 Å². The molecule has 0 unspecified atom stereocenters. The molecule has 10 nitrogen and oxygen atoms in total. The van der Waals surface area contributed by atoms with Crippen LogP contribution in [0.25, 0.3) is 0 Å². The standard InChI is InChI=1S/C7H8F6N6O4/c8-5(9,1(20)22-18-3(14)15)7(12,13)6(10,11)2(21)23-19-4(16)17/h(H4,14,15,18)(H4,16,17,19). The summed E-state index contributed by atoms with van der Waals surface area (Å²) in [5, 5.41) is 4.37. The second-order valence-electron chi connectivity index (χ2n) is 3.51. The van der Waals surface area contributed by atoms with Gasteiger partial charge in [0, 0.05) is 0 Å². The minimum Gasteiger partial charge on any atom is -0.367 e. The van der Waals surface area contributed by atoms with E-state index in [2.05, 4.69) is 42.9 Å². The Hall–Kier alpha value is -2.94. The molecular formula is C7H8F6N6O4. The summed E-state index contributed by atoms with van der Waals surface area (Å²) >= 11 is 0. The molecule has 0 saturated carbocycles. The second kappa shape index (κ2) is 6.44. The van der Waals surface area contributed by atoms with Crippen molar-refractivity contribution in [2.45, 2.75) is 17.8 Å². The Labute approximate surface area is 122 Å². The number of alkyl halides is 6. The summed E-state index contributed by atoms with van der Waals surface area (Å²) in [7, 11) is 0. The lowest BCUT2D eigenvalue weighted by molar-refractivity contribution is -0.301. The van der Waals surface area contributed by atoms with Gasteiger partial charge >= 0.3 is 29.7 Å². The van der Waals surface area contributed by atoms with Gasteiger partial charge in [0.15, 0.2) is 0 Å². The van der Waals surface area contributed by atoms with E-state index in [4.69, 9.17) is 0 Å². The highest BCUT2D eigenvalue weighted by Crippen LogP contribution is 2.47. The molecule has 0 heterocycles. The van der Waals surface area contributed by atoms with Crippen molar-refractivity contribution in [3.63, 3.8) is 0 Å². The van der Waals surface area contributed by atoms with Gasteiger partial charge in [0.05, 0.1) is 0 Å². The molecule has 23 heavy (non-hydrogen) atoms. The van der Waals surface area contributed by atoms with Gasteiger partial charge < -0.3 is 32.6 Å². The zero-order valence-electron chi connectivity index (χ0n) is 10.6. The predicted molar refractivity (Wildman–Crippen MR) is 58.6 cm³/mol. The van der Waals surface area contributed by atoms with E-state index in [0.29, 0.717) is 0 Å². The Morgan fingerprint density at radius 2 is 0.957 bits per heavy atom. The van der Waals surface area contributed by atoms with Gasteiger partial charge in [0.1, 0.15) is 0 Å². The summed E-state index contributed by atoms with van der Waals surface area (Å²) in [6.45, 7) is 0. The maximum absolute atomic E-state index is 13.2. The maximum Gasteiger partial charge on any atom is 0.413 e. The fourth-order valence-electron chi connectivity index (χ4n) is 0.757. The van der Waals surface area contributed by atoms with E-state index >= 15 is 0 Å². The van der Waals surface area contributed by atoms with Crippen LogP contribution in [0, 0.1) is 0 Å². The van der Waals surface area contributed by atoms with Gasteiger partial charge in [-0.2, -0.15) is 26.3 Å². The largest absolute Gasteiger partial charge is 0.413 e. The van der Waals surface area contributed by atoms with Gasteiger partial charge in [-0.3, -0.25) is 0 Å². The fraction of sp³-hybridized carbons (Fsp3) is 0.429. The van der Waals surface area contributed by atoms with Crippen LogP contribution in [-0.4, -0.2) is 41.6 Å². The smallest absolute Gasteiger partial charge is 0.367 e. The van der Waals surface area contributed by atoms with E-state index in [0.717, 1.165) is 0 Å². The van der Waals surface area contributed by atoms with Crippen molar-refractivity contribution in [1.29, 1.82) is 0 Å². The molecule has 132 valence electrons. The van der Waals surface area contributed by atoms with Crippen LogP contribution in [0.2, 0.25) is 0 Å². The minimum atomic E-state index is -6.61. The van der Waals surface area contributed by atoms with Gasteiger partial charge in [-0.05, 0) is 10.3 Å². The average Bonchev–Trinajstić information content (AvgIpc) is 2.40. The Bertz CT molecular complexity index is 496. The van der Waals surface area contributed by atoms with Crippen molar-refractivity contribution in [3.05, 3.63) is 0 Å². The van der Waals surface area contributed by atoms with Crippen molar-refractivity contribution in [2.24, 2.45) is 33.2 Å². The molecule has 0 rings (SSSR count). The highest BCUT2D eigenvalue weighted by Gasteiger charge is 2.80. The second-order valence-corrected chi connectivity index (χ2v) is 3.51. The van der Waals surface area contributed by atoms with E-state index < -0.39 is 41.6 Å². The number of rotatable bonds is 6. The third kappa shape index (κ3) is 4.04. The third-order valence-corrected chi connectivity index (χ3v) is 1.77. The minimum absolute atomic E-state index is 1.16. The Balaban J connectivity index is 5.55. The summed E-state index contributed by atoms with van der Waals surface area (Å²) in [4.78, 5) is 27.7. The number of nitrogens with zero attached hydrogens (tertiary/aromatic N) is 2. The Kier molecular flexibility index (Phi) is 5.62. The van der Waals surface area contributed by atoms with Crippen LogP contribution >= 0.6 is 0 Å². The molecule has 0 fully saturated rings. The monoisotopic (exact) mass is 354 g/mol. The fourth-order valence-corrected chi connectivity index (χ4v) is 0.757. The SMILES string of the molecule is NC(N)=NOC(=O)C(F)(F)C(F)(F)C(F)(F)C(=O)ON=C(N)N. The van der Waals surface area contributed by atoms with Crippen LogP contribution in [0.4, 0.5) is 26.3 Å². The first kappa shape index (κ1) is 20.1. The third-order valence-electron chi connectivity index (χ3n) is 1.77. The van der Waals surface area contributed by atoms with Crippen LogP contribution in [-0.2, 0) is 19.3 Å². The summed E-state index contributed by atoms with van der Waals surface area (Å²) in [5.41, 5.74) is 18.2. The molecule has 8 N–H and O–H groups in total. The summed E-state index contributed by atoms with van der Waals surface area (Å²) in [6.07, 6.45) is 0. The zero-order chi connectivity index (χ0) is 18.6. The van der Waals surface area contributed by atoms with Crippen molar-refractivity contribution < 1.29 is 45.6 Å². The van der Waals surface area contributed by atoms with E-state index in [-0.39, 0.29) is 0 Å². The number of carbonyl (C=O) groups is 2. The molecule has 0 aliphatic heterocycles. The van der Waals surface area contributed by atoms with Gasteiger partial charge in [-0.1, -0.05) is 0 Å². The molecule has 0 atom stereocenters. The molecule has 0 aromatic heterocycles. The number of oxime groups is 2. The predicted octanol–water partition coefficient (Wildman–Crippen LogP) is -1.64. The van der Waals surface area contributed by atoms with Crippen LogP contribution in [0.1, 0.15) is 0 Å². The first-order valence-electron chi connectivity index (χ1n) is 4.92. The topological polar surface area (TPSA) is 181 Å². The van der Waals surface area contributed by atoms with Crippen molar-refractivity contribution in [1.82, 2.24) is 0 Å². The molecule has 0 radical (unpaired) electrons. The van der Waals surface area contributed by atoms with E-state index in [1.165, 1.54) is 0 Å². The number of carbonyl (C=O) groups excluding carboxylic acids is 2. The van der Waals surface area contributed by atoms with Crippen molar-refractivity contribution >= 4 is 23.9 Å². The number of hydrogen-bond acceptors (Lipinski definition) is 6. The number of hydrogen-bond donors (Lipinski definition) is 4. The lowest BCUT2D eigenvalue weighted by Gasteiger charge is -2.28. The molecular weight excluding hydrogens is 346 g/mol. The van der Waals surface area contributed by atoms with Gasteiger partial charge in [-0.15, -0.1) is 0 Å². The first-order chi connectivity index (χ1) is 10.2. The highest BCUT2D eigenvalue weighted by molar-refractivity contribution is 5.86.